The van der Waals surface area contributed by atoms with Gasteiger partial charge in [0.2, 0.25) is 5.91 Å². The number of esters is 1. The van der Waals surface area contributed by atoms with Crippen molar-refractivity contribution in [3.05, 3.63) is 34.4 Å². The van der Waals surface area contributed by atoms with Gasteiger partial charge in [-0.2, -0.15) is 0 Å². The van der Waals surface area contributed by atoms with E-state index in [0.29, 0.717) is 24.5 Å². The highest BCUT2D eigenvalue weighted by Gasteiger charge is 2.29. The fourth-order valence-electron chi connectivity index (χ4n) is 2.17. The zero-order chi connectivity index (χ0) is 16.8. The summed E-state index contributed by atoms with van der Waals surface area (Å²) < 4.78 is 4.71. The Morgan fingerprint density at radius 1 is 1.52 bits per heavy atom. The van der Waals surface area contributed by atoms with Crippen LogP contribution in [0.1, 0.15) is 0 Å². The van der Waals surface area contributed by atoms with Crippen LogP contribution in [0.2, 0.25) is 0 Å². The van der Waals surface area contributed by atoms with Gasteiger partial charge in [-0.05, 0) is 6.07 Å². The third-order valence-electron chi connectivity index (χ3n) is 3.38. The van der Waals surface area contributed by atoms with Crippen LogP contribution in [0, 0.1) is 10.1 Å². The molecule has 0 radical (unpaired) electrons. The Morgan fingerprint density at radius 2 is 2.30 bits per heavy atom. The fourth-order valence-corrected chi connectivity index (χ4v) is 3.30. The van der Waals surface area contributed by atoms with E-state index >= 15 is 0 Å². The molecule has 0 aliphatic carbocycles. The lowest BCUT2D eigenvalue weighted by molar-refractivity contribution is -0.384. The summed E-state index contributed by atoms with van der Waals surface area (Å²) in [5, 5.41) is 13.2. The van der Waals surface area contributed by atoms with Gasteiger partial charge in [-0.1, -0.05) is 6.07 Å². The molecule has 1 aliphatic heterocycles. The maximum absolute atomic E-state index is 12.2. The average molecular weight is 339 g/mol. The first kappa shape index (κ1) is 17.1. The number of carbonyl (C=O) groups excluding carboxylic acids is 2. The first-order valence-corrected chi connectivity index (χ1v) is 8.01. The van der Waals surface area contributed by atoms with Crippen molar-refractivity contribution in [1.29, 1.82) is 0 Å². The van der Waals surface area contributed by atoms with Gasteiger partial charge < -0.3 is 15.0 Å². The molecule has 23 heavy (non-hydrogen) atoms. The number of hydrogen-bond acceptors (Lipinski definition) is 7. The minimum Gasteiger partial charge on any atom is -0.468 e. The summed E-state index contributed by atoms with van der Waals surface area (Å²) in [4.78, 5) is 35.6. The maximum atomic E-state index is 12.2. The van der Waals surface area contributed by atoms with Crippen molar-refractivity contribution in [1.82, 2.24) is 4.90 Å². The van der Waals surface area contributed by atoms with Crippen LogP contribution < -0.4 is 5.32 Å². The number of ether oxygens (including phenoxy) is 1. The number of benzene rings is 1. The molecule has 0 aromatic heterocycles. The van der Waals surface area contributed by atoms with Crippen LogP contribution in [0.15, 0.2) is 24.3 Å². The van der Waals surface area contributed by atoms with Gasteiger partial charge in [-0.3, -0.25) is 19.7 Å². The van der Waals surface area contributed by atoms with Crippen LogP contribution >= 0.6 is 11.8 Å². The molecule has 9 heteroatoms. The van der Waals surface area contributed by atoms with E-state index < -0.39 is 4.92 Å². The molecule has 1 heterocycles. The number of carbonyl (C=O) groups is 2. The molecule has 0 unspecified atom stereocenters. The molecule has 1 saturated heterocycles. The number of anilines is 1. The predicted molar refractivity (Wildman–Crippen MR) is 86.4 cm³/mol. The fraction of sp³-hybridized carbons (Fsp3) is 0.429. The number of hydrogen-bond donors (Lipinski definition) is 1. The summed E-state index contributed by atoms with van der Waals surface area (Å²) in [6, 6.07) is 5.96. The zero-order valence-electron chi connectivity index (χ0n) is 12.6. The molecular formula is C14H17N3O5S. The van der Waals surface area contributed by atoms with E-state index in [1.807, 2.05) is 0 Å². The number of rotatable bonds is 5. The summed E-state index contributed by atoms with van der Waals surface area (Å²) in [6.45, 7) is 0.889. The standard InChI is InChI=1S/C14H17N3O5S/c1-22-14(19)12-9-16(5-6-23-12)13(18)8-15-10-3-2-4-11(7-10)17(20)21/h2-4,7,12,15H,5-6,8-9H2,1H3/t12-/m1/s1. The third kappa shape index (κ3) is 4.59. The molecule has 0 saturated carbocycles. The van der Waals surface area contributed by atoms with E-state index in [4.69, 9.17) is 4.74 Å². The van der Waals surface area contributed by atoms with Gasteiger partial charge in [-0.25, -0.2) is 0 Å². The second kappa shape index (κ2) is 7.82. The van der Waals surface area contributed by atoms with Gasteiger partial charge >= 0.3 is 5.97 Å². The summed E-state index contributed by atoms with van der Waals surface area (Å²) in [6.07, 6.45) is 0. The topological polar surface area (TPSA) is 102 Å². The van der Waals surface area contributed by atoms with Crippen molar-refractivity contribution in [2.75, 3.05) is 37.8 Å². The summed E-state index contributed by atoms with van der Waals surface area (Å²) in [5.74, 6) is 0.173. The number of nitro groups is 1. The van der Waals surface area contributed by atoms with E-state index in [9.17, 15) is 19.7 Å². The summed E-state index contributed by atoms with van der Waals surface area (Å²) in [7, 11) is 1.33. The Bertz CT molecular complexity index is 610. The number of amides is 1. The average Bonchev–Trinajstić information content (AvgIpc) is 2.59. The van der Waals surface area contributed by atoms with Crippen molar-refractivity contribution >= 4 is 35.0 Å². The smallest absolute Gasteiger partial charge is 0.320 e. The highest BCUT2D eigenvalue weighted by atomic mass is 32.2. The SMILES string of the molecule is COC(=O)[C@H]1CN(C(=O)CNc2cccc([N+](=O)[O-])c2)CCS1. The second-order valence-electron chi connectivity index (χ2n) is 4.88. The number of nitrogens with one attached hydrogen (secondary N) is 1. The quantitative estimate of drug-likeness (QED) is 0.487. The van der Waals surface area contributed by atoms with Gasteiger partial charge in [0.15, 0.2) is 0 Å². The number of non-ortho nitro benzene ring substituents is 1. The molecule has 1 aromatic carbocycles. The molecule has 1 amide bonds. The highest BCUT2D eigenvalue weighted by Crippen LogP contribution is 2.20. The predicted octanol–water partition coefficient (Wildman–Crippen LogP) is 1.12. The van der Waals surface area contributed by atoms with E-state index in [1.54, 1.807) is 17.0 Å². The molecule has 2 rings (SSSR count). The zero-order valence-corrected chi connectivity index (χ0v) is 13.4. The monoisotopic (exact) mass is 339 g/mol. The van der Waals surface area contributed by atoms with E-state index in [1.165, 1.54) is 31.0 Å². The molecule has 8 nitrogen and oxygen atoms in total. The Labute approximate surface area is 137 Å². The highest BCUT2D eigenvalue weighted by molar-refractivity contribution is 8.00. The van der Waals surface area contributed by atoms with Crippen LogP contribution in [0.5, 0.6) is 0 Å². The number of nitrogens with zero attached hydrogens (tertiary/aromatic N) is 2. The Kier molecular flexibility index (Phi) is 5.80. The molecule has 1 aliphatic rings. The van der Waals surface area contributed by atoms with Crippen molar-refractivity contribution < 1.29 is 19.2 Å². The minimum absolute atomic E-state index is 0.0136. The van der Waals surface area contributed by atoms with Crippen LogP contribution in [0.3, 0.4) is 0 Å². The molecule has 1 N–H and O–H groups in total. The summed E-state index contributed by atoms with van der Waals surface area (Å²) in [5.41, 5.74) is 0.464. The van der Waals surface area contributed by atoms with Gasteiger partial charge in [0.25, 0.3) is 5.69 Å². The van der Waals surface area contributed by atoms with Crippen LogP contribution in [-0.2, 0) is 14.3 Å². The lowest BCUT2D eigenvalue weighted by Gasteiger charge is -2.31. The minimum atomic E-state index is -0.490. The van der Waals surface area contributed by atoms with Crippen LogP contribution in [0.4, 0.5) is 11.4 Å². The normalized spacial score (nSPS) is 17.4. The largest absolute Gasteiger partial charge is 0.468 e. The lowest BCUT2D eigenvalue weighted by atomic mass is 10.2. The van der Waals surface area contributed by atoms with Crippen molar-refractivity contribution in [2.24, 2.45) is 0 Å². The van der Waals surface area contributed by atoms with Crippen molar-refractivity contribution in [3.8, 4) is 0 Å². The molecule has 1 fully saturated rings. The molecular weight excluding hydrogens is 322 g/mol. The van der Waals surface area contributed by atoms with Crippen LogP contribution in [-0.4, -0.2) is 59.4 Å². The number of thioether (sulfide) groups is 1. The number of nitro benzene ring substituents is 1. The lowest BCUT2D eigenvalue weighted by Crippen LogP contribution is -2.46. The van der Waals surface area contributed by atoms with Gasteiger partial charge in [0.1, 0.15) is 5.25 Å². The number of methoxy groups -OCH3 is 1. The van der Waals surface area contributed by atoms with Gasteiger partial charge in [0, 0.05) is 36.7 Å². The third-order valence-corrected chi connectivity index (χ3v) is 4.55. The molecule has 0 bridgehead atoms. The van der Waals surface area contributed by atoms with Crippen molar-refractivity contribution in [3.63, 3.8) is 0 Å². The Morgan fingerprint density at radius 3 is 3.00 bits per heavy atom. The molecule has 0 spiro atoms. The van der Waals surface area contributed by atoms with E-state index in [0.717, 1.165) is 0 Å². The van der Waals surface area contributed by atoms with Crippen molar-refractivity contribution in [2.45, 2.75) is 5.25 Å². The first-order valence-electron chi connectivity index (χ1n) is 6.97. The maximum Gasteiger partial charge on any atom is 0.320 e. The Hall–Kier alpha value is -2.29. The van der Waals surface area contributed by atoms with E-state index in [2.05, 4.69) is 5.32 Å². The summed E-state index contributed by atoms with van der Waals surface area (Å²) >= 11 is 1.47. The van der Waals surface area contributed by atoms with E-state index in [-0.39, 0.29) is 29.4 Å². The Balaban J connectivity index is 1.90. The first-order chi connectivity index (χ1) is 11.0. The molecule has 1 aromatic rings. The van der Waals surface area contributed by atoms with Gasteiger partial charge in [-0.15, -0.1) is 11.8 Å². The van der Waals surface area contributed by atoms with Crippen LogP contribution in [0.25, 0.3) is 0 Å². The second-order valence-corrected chi connectivity index (χ2v) is 6.19. The van der Waals surface area contributed by atoms with Gasteiger partial charge in [0.05, 0.1) is 18.6 Å². The molecule has 124 valence electrons. The molecule has 1 atom stereocenters.